The van der Waals surface area contributed by atoms with Crippen molar-refractivity contribution < 1.29 is 4.79 Å². The summed E-state index contributed by atoms with van der Waals surface area (Å²) in [4.78, 5) is 14.7. The Labute approximate surface area is 131 Å². The van der Waals surface area contributed by atoms with Gasteiger partial charge in [0.2, 0.25) is 0 Å². The lowest BCUT2D eigenvalue weighted by atomic mass is 10.1. The fourth-order valence-electron chi connectivity index (χ4n) is 2.61. The minimum absolute atomic E-state index is 0.0430. The summed E-state index contributed by atoms with van der Waals surface area (Å²) in [6.07, 6.45) is -0.358. The van der Waals surface area contributed by atoms with Gasteiger partial charge in [-0.1, -0.05) is 34.8 Å². The molecule has 0 saturated heterocycles. The van der Waals surface area contributed by atoms with Crippen molar-refractivity contribution in [1.29, 1.82) is 0 Å². The molecule has 4 rings (SSSR count). The van der Waals surface area contributed by atoms with Gasteiger partial charge >= 0.3 is 0 Å². The van der Waals surface area contributed by atoms with Crippen LogP contribution in [0.3, 0.4) is 0 Å². The van der Waals surface area contributed by atoms with Crippen molar-refractivity contribution in [3.63, 3.8) is 0 Å². The molecule has 0 radical (unpaired) electrons. The summed E-state index contributed by atoms with van der Waals surface area (Å²) in [6, 6.07) is 17.1. The molecule has 6 heteroatoms. The Hall–Kier alpha value is -2.73. The van der Waals surface area contributed by atoms with E-state index in [1.807, 2.05) is 60.0 Å². The smallest absolute Gasteiger partial charge is 0.262 e. The van der Waals surface area contributed by atoms with Gasteiger partial charge in [0.25, 0.3) is 5.91 Å². The summed E-state index contributed by atoms with van der Waals surface area (Å²) in [5.74, 6) is -0.0430. The van der Waals surface area contributed by atoms with E-state index in [4.69, 9.17) is 0 Å². The van der Waals surface area contributed by atoms with Crippen molar-refractivity contribution in [1.82, 2.24) is 9.59 Å². The van der Waals surface area contributed by atoms with Gasteiger partial charge < -0.3 is 5.32 Å². The largest absolute Gasteiger partial charge is 0.359 e. The molecule has 0 saturated carbocycles. The van der Waals surface area contributed by atoms with E-state index < -0.39 is 0 Å². The first-order valence-electron chi connectivity index (χ1n) is 6.86. The van der Waals surface area contributed by atoms with Gasteiger partial charge in [0, 0.05) is 16.8 Å². The topological polar surface area (TPSA) is 58.1 Å². The third kappa shape index (κ3) is 2.05. The van der Waals surface area contributed by atoms with Crippen molar-refractivity contribution in [3.05, 3.63) is 71.2 Å². The Morgan fingerprint density at radius 1 is 1.05 bits per heavy atom. The SMILES string of the molecule is O=C1c2ccccc2N[C@H](c2csnn2)N1c1ccccc1. The Morgan fingerprint density at radius 3 is 2.59 bits per heavy atom. The van der Waals surface area contributed by atoms with Crippen LogP contribution >= 0.6 is 11.5 Å². The van der Waals surface area contributed by atoms with E-state index in [2.05, 4.69) is 14.9 Å². The van der Waals surface area contributed by atoms with Crippen molar-refractivity contribution in [2.45, 2.75) is 6.17 Å². The molecule has 0 spiro atoms. The summed E-state index contributed by atoms with van der Waals surface area (Å²) >= 11 is 1.27. The van der Waals surface area contributed by atoms with Gasteiger partial charge in [-0.15, -0.1) is 5.10 Å². The number of aromatic nitrogens is 2. The summed E-state index contributed by atoms with van der Waals surface area (Å²) in [6.45, 7) is 0. The van der Waals surface area contributed by atoms with E-state index in [9.17, 15) is 4.79 Å². The molecule has 1 N–H and O–H groups in total. The van der Waals surface area contributed by atoms with E-state index in [-0.39, 0.29) is 12.1 Å². The average molecular weight is 308 g/mol. The predicted octanol–water partition coefficient (Wildman–Crippen LogP) is 3.31. The second kappa shape index (κ2) is 5.23. The summed E-state index contributed by atoms with van der Waals surface area (Å²) < 4.78 is 3.92. The molecule has 1 aliphatic rings. The van der Waals surface area contributed by atoms with E-state index in [1.54, 1.807) is 4.90 Å². The number of hydrogen-bond acceptors (Lipinski definition) is 5. The van der Waals surface area contributed by atoms with Gasteiger partial charge in [-0.05, 0) is 35.8 Å². The molecule has 2 heterocycles. The zero-order valence-corrected chi connectivity index (χ0v) is 12.3. The number of fused-ring (bicyclic) bond motifs is 1. The quantitative estimate of drug-likeness (QED) is 0.789. The number of anilines is 2. The Kier molecular flexibility index (Phi) is 3.08. The Balaban J connectivity index is 1.87. The summed E-state index contributed by atoms with van der Waals surface area (Å²) in [5, 5.41) is 9.38. The van der Waals surface area contributed by atoms with Gasteiger partial charge in [0.15, 0.2) is 6.17 Å². The molecule has 1 aromatic heterocycles. The van der Waals surface area contributed by atoms with Crippen LogP contribution in [0.4, 0.5) is 11.4 Å². The molecule has 1 amide bonds. The molecule has 108 valence electrons. The number of carbonyl (C=O) groups is 1. The van der Waals surface area contributed by atoms with Gasteiger partial charge in [0.05, 0.1) is 5.56 Å². The van der Waals surface area contributed by atoms with Crippen molar-refractivity contribution in [2.75, 3.05) is 10.2 Å². The van der Waals surface area contributed by atoms with Crippen LogP contribution in [0.15, 0.2) is 60.0 Å². The van der Waals surface area contributed by atoms with Crippen LogP contribution < -0.4 is 10.2 Å². The lowest BCUT2D eigenvalue weighted by Gasteiger charge is -2.36. The van der Waals surface area contributed by atoms with Gasteiger partial charge in [-0.3, -0.25) is 9.69 Å². The Bertz CT molecular complexity index is 804. The highest BCUT2D eigenvalue weighted by Crippen LogP contribution is 2.35. The van der Waals surface area contributed by atoms with Crippen LogP contribution in [0.2, 0.25) is 0 Å². The van der Waals surface area contributed by atoms with Crippen LogP contribution in [-0.4, -0.2) is 15.5 Å². The zero-order valence-electron chi connectivity index (χ0n) is 11.5. The average Bonchev–Trinajstić information content (AvgIpc) is 3.10. The molecular formula is C16H12N4OS. The van der Waals surface area contributed by atoms with E-state index in [1.165, 1.54) is 11.5 Å². The molecule has 0 aliphatic carbocycles. The first-order chi connectivity index (χ1) is 10.8. The fourth-order valence-corrected chi connectivity index (χ4v) is 3.08. The molecular weight excluding hydrogens is 296 g/mol. The number of rotatable bonds is 2. The molecule has 2 aromatic carbocycles. The number of hydrogen-bond donors (Lipinski definition) is 1. The maximum absolute atomic E-state index is 13.0. The normalized spacial score (nSPS) is 17.0. The maximum Gasteiger partial charge on any atom is 0.262 e. The number of nitrogens with one attached hydrogen (secondary N) is 1. The Morgan fingerprint density at radius 2 is 1.82 bits per heavy atom. The molecule has 1 atom stereocenters. The first kappa shape index (κ1) is 13.0. The number of benzene rings is 2. The van der Waals surface area contributed by atoms with Crippen LogP contribution in [0.5, 0.6) is 0 Å². The third-order valence-electron chi connectivity index (χ3n) is 3.62. The van der Waals surface area contributed by atoms with Gasteiger partial charge in [0.1, 0.15) is 5.69 Å². The van der Waals surface area contributed by atoms with Crippen LogP contribution in [-0.2, 0) is 0 Å². The van der Waals surface area contributed by atoms with Crippen molar-refractivity contribution in [2.24, 2.45) is 0 Å². The molecule has 22 heavy (non-hydrogen) atoms. The van der Waals surface area contributed by atoms with E-state index in [0.717, 1.165) is 17.1 Å². The van der Waals surface area contributed by atoms with E-state index in [0.29, 0.717) is 5.56 Å². The summed E-state index contributed by atoms with van der Waals surface area (Å²) in [7, 11) is 0. The first-order valence-corrected chi connectivity index (χ1v) is 7.69. The highest BCUT2D eigenvalue weighted by Gasteiger charge is 2.35. The standard InChI is InChI=1S/C16H12N4OS/c21-16-12-8-4-5-9-13(12)17-15(14-10-22-19-18-14)20(16)11-6-2-1-3-7-11/h1-10,15,17H/t15-/m0/s1. The fraction of sp³-hybridized carbons (Fsp3) is 0.0625. The molecule has 3 aromatic rings. The van der Waals surface area contributed by atoms with Crippen LogP contribution in [0.25, 0.3) is 0 Å². The van der Waals surface area contributed by atoms with Crippen molar-refractivity contribution >= 4 is 28.8 Å². The molecule has 0 bridgehead atoms. The summed E-state index contributed by atoms with van der Waals surface area (Å²) in [5.41, 5.74) is 3.03. The minimum Gasteiger partial charge on any atom is -0.359 e. The molecule has 5 nitrogen and oxygen atoms in total. The van der Waals surface area contributed by atoms with E-state index >= 15 is 0 Å². The number of carbonyl (C=O) groups excluding carboxylic acids is 1. The highest BCUT2D eigenvalue weighted by atomic mass is 32.1. The van der Waals surface area contributed by atoms with Crippen LogP contribution in [0, 0.1) is 0 Å². The molecule has 0 fully saturated rings. The molecule has 1 aliphatic heterocycles. The second-order valence-electron chi connectivity index (χ2n) is 4.93. The number of amides is 1. The minimum atomic E-state index is -0.358. The predicted molar refractivity (Wildman–Crippen MR) is 86.0 cm³/mol. The number of para-hydroxylation sites is 2. The lowest BCUT2D eigenvalue weighted by molar-refractivity contribution is 0.0974. The highest BCUT2D eigenvalue weighted by molar-refractivity contribution is 7.03. The van der Waals surface area contributed by atoms with Crippen LogP contribution in [0.1, 0.15) is 22.2 Å². The number of nitrogens with zero attached hydrogens (tertiary/aromatic N) is 3. The maximum atomic E-state index is 13.0. The zero-order chi connectivity index (χ0) is 14.9. The lowest BCUT2D eigenvalue weighted by Crippen LogP contribution is -2.43. The van der Waals surface area contributed by atoms with Gasteiger partial charge in [-0.25, -0.2) is 0 Å². The van der Waals surface area contributed by atoms with Crippen molar-refractivity contribution in [3.8, 4) is 0 Å². The van der Waals surface area contributed by atoms with Gasteiger partial charge in [-0.2, -0.15) is 0 Å². The monoisotopic (exact) mass is 308 g/mol. The molecule has 0 unspecified atom stereocenters. The third-order valence-corrected chi connectivity index (χ3v) is 4.14. The second-order valence-corrected chi connectivity index (χ2v) is 5.54.